The number of carbonyl (C=O) groups is 1. The molecule has 2 nitrogen and oxygen atoms in total. The van der Waals surface area contributed by atoms with E-state index in [2.05, 4.69) is 12.1 Å². The Kier molecular flexibility index (Phi) is 3.72. The average molecular weight is 311 g/mol. The van der Waals surface area contributed by atoms with E-state index in [1.54, 1.807) is 0 Å². The largest absolute Gasteiger partial charge is 0.303 e. The molecular formula is C22H17NO. The highest BCUT2D eigenvalue weighted by molar-refractivity contribution is 6.35. The van der Waals surface area contributed by atoms with Gasteiger partial charge in [0.2, 0.25) is 0 Å². The maximum Gasteiger partial charge on any atom is 0.259 e. The lowest BCUT2D eigenvalue weighted by molar-refractivity contribution is -0.113. The van der Waals surface area contributed by atoms with Gasteiger partial charge in [-0.05, 0) is 23.3 Å². The van der Waals surface area contributed by atoms with Crippen LogP contribution in [0.3, 0.4) is 0 Å². The molecule has 2 heteroatoms. The molecule has 0 radical (unpaired) electrons. The van der Waals surface area contributed by atoms with Crippen LogP contribution in [0.25, 0.3) is 11.6 Å². The quantitative estimate of drug-likeness (QED) is 0.638. The SMILES string of the molecule is O=C1/C(=C/c2ccccc2)c2ccccc2N1Cc1ccccc1. The Morgan fingerprint density at radius 2 is 1.38 bits per heavy atom. The normalized spacial score (nSPS) is 14.9. The zero-order chi connectivity index (χ0) is 16.4. The molecule has 0 spiro atoms. The highest BCUT2D eigenvalue weighted by atomic mass is 16.2. The molecule has 0 saturated heterocycles. The van der Waals surface area contributed by atoms with Gasteiger partial charge in [0.05, 0.1) is 12.2 Å². The summed E-state index contributed by atoms with van der Waals surface area (Å²) in [6, 6.07) is 28.1. The zero-order valence-corrected chi connectivity index (χ0v) is 13.2. The fourth-order valence-electron chi connectivity index (χ4n) is 3.09. The number of hydrogen-bond acceptors (Lipinski definition) is 1. The van der Waals surface area contributed by atoms with Crippen molar-refractivity contribution in [3.8, 4) is 0 Å². The lowest BCUT2D eigenvalue weighted by Crippen LogP contribution is -2.25. The summed E-state index contributed by atoms with van der Waals surface area (Å²) < 4.78 is 0. The summed E-state index contributed by atoms with van der Waals surface area (Å²) >= 11 is 0. The summed E-state index contributed by atoms with van der Waals surface area (Å²) in [5, 5.41) is 0. The van der Waals surface area contributed by atoms with Crippen LogP contribution < -0.4 is 4.90 Å². The van der Waals surface area contributed by atoms with Gasteiger partial charge < -0.3 is 4.90 Å². The molecule has 0 aromatic heterocycles. The van der Waals surface area contributed by atoms with Crippen molar-refractivity contribution in [1.82, 2.24) is 0 Å². The molecule has 1 aliphatic rings. The third kappa shape index (κ3) is 2.63. The monoisotopic (exact) mass is 311 g/mol. The van der Waals surface area contributed by atoms with E-state index in [4.69, 9.17) is 0 Å². The smallest absolute Gasteiger partial charge is 0.259 e. The number of amides is 1. The number of anilines is 1. The van der Waals surface area contributed by atoms with E-state index in [0.29, 0.717) is 6.54 Å². The Labute approximate surface area is 141 Å². The first-order valence-corrected chi connectivity index (χ1v) is 8.05. The van der Waals surface area contributed by atoms with E-state index in [1.807, 2.05) is 83.8 Å². The Morgan fingerprint density at radius 3 is 2.12 bits per heavy atom. The van der Waals surface area contributed by atoms with Crippen LogP contribution in [-0.4, -0.2) is 5.91 Å². The molecule has 0 aliphatic carbocycles. The highest BCUT2D eigenvalue weighted by Gasteiger charge is 2.31. The van der Waals surface area contributed by atoms with Crippen LogP contribution in [0.1, 0.15) is 16.7 Å². The maximum atomic E-state index is 13.0. The first-order valence-electron chi connectivity index (χ1n) is 8.05. The number of carbonyl (C=O) groups excluding carboxylic acids is 1. The second-order valence-electron chi connectivity index (χ2n) is 5.86. The van der Waals surface area contributed by atoms with Gasteiger partial charge in [-0.1, -0.05) is 78.9 Å². The molecule has 0 fully saturated rings. The van der Waals surface area contributed by atoms with Crippen molar-refractivity contribution in [3.63, 3.8) is 0 Å². The van der Waals surface area contributed by atoms with Gasteiger partial charge in [0.25, 0.3) is 5.91 Å². The molecule has 116 valence electrons. The minimum Gasteiger partial charge on any atom is -0.303 e. The molecule has 1 amide bonds. The standard InChI is InChI=1S/C22H17NO/c24-22-20(15-17-9-3-1-4-10-17)19-13-7-8-14-21(19)23(22)16-18-11-5-2-6-12-18/h1-15H,16H2/b20-15+. The molecule has 0 unspecified atom stereocenters. The molecule has 0 atom stereocenters. The Hall–Kier alpha value is -3.13. The van der Waals surface area contributed by atoms with Gasteiger partial charge in [-0.2, -0.15) is 0 Å². The van der Waals surface area contributed by atoms with Crippen molar-refractivity contribution >= 4 is 23.2 Å². The van der Waals surface area contributed by atoms with Crippen LogP contribution in [0, 0.1) is 0 Å². The van der Waals surface area contributed by atoms with Gasteiger partial charge in [0.1, 0.15) is 0 Å². The third-order valence-electron chi connectivity index (χ3n) is 4.25. The van der Waals surface area contributed by atoms with Gasteiger partial charge in [0, 0.05) is 11.1 Å². The first kappa shape index (κ1) is 14.5. The van der Waals surface area contributed by atoms with E-state index in [-0.39, 0.29) is 5.91 Å². The molecule has 1 heterocycles. The molecule has 0 N–H and O–H groups in total. The second kappa shape index (κ2) is 6.17. The van der Waals surface area contributed by atoms with Crippen LogP contribution in [0.15, 0.2) is 84.9 Å². The van der Waals surface area contributed by atoms with Gasteiger partial charge in [-0.15, -0.1) is 0 Å². The lowest BCUT2D eigenvalue weighted by Gasteiger charge is -2.17. The summed E-state index contributed by atoms with van der Waals surface area (Å²) in [6.45, 7) is 0.586. The van der Waals surface area contributed by atoms with E-state index >= 15 is 0 Å². The summed E-state index contributed by atoms with van der Waals surface area (Å²) in [6.07, 6.45) is 1.98. The molecule has 4 rings (SSSR count). The summed E-state index contributed by atoms with van der Waals surface area (Å²) in [5.41, 5.74) is 4.90. The highest BCUT2D eigenvalue weighted by Crippen LogP contribution is 2.38. The summed E-state index contributed by atoms with van der Waals surface area (Å²) in [7, 11) is 0. The fourth-order valence-corrected chi connectivity index (χ4v) is 3.09. The van der Waals surface area contributed by atoms with E-state index < -0.39 is 0 Å². The topological polar surface area (TPSA) is 20.3 Å². The number of nitrogens with zero attached hydrogens (tertiary/aromatic N) is 1. The van der Waals surface area contributed by atoms with Gasteiger partial charge in [0.15, 0.2) is 0 Å². The minimum absolute atomic E-state index is 0.0592. The molecular weight excluding hydrogens is 294 g/mol. The van der Waals surface area contributed by atoms with Crippen LogP contribution in [0.4, 0.5) is 5.69 Å². The fraction of sp³-hybridized carbons (Fsp3) is 0.0455. The van der Waals surface area contributed by atoms with Crippen molar-refractivity contribution in [1.29, 1.82) is 0 Å². The predicted octanol–water partition coefficient (Wildman–Crippen LogP) is 4.77. The van der Waals surface area contributed by atoms with Crippen molar-refractivity contribution in [2.75, 3.05) is 4.90 Å². The van der Waals surface area contributed by atoms with E-state index in [1.165, 1.54) is 0 Å². The van der Waals surface area contributed by atoms with Crippen molar-refractivity contribution < 1.29 is 4.79 Å². The van der Waals surface area contributed by atoms with E-state index in [9.17, 15) is 4.79 Å². The molecule has 3 aromatic rings. The number of hydrogen-bond donors (Lipinski definition) is 0. The lowest BCUT2D eigenvalue weighted by atomic mass is 10.0. The second-order valence-corrected chi connectivity index (χ2v) is 5.86. The number of fused-ring (bicyclic) bond motifs is 1. The Bertz CT molecular complexity index is 898. The summed E-state index contributed by atoms with van der Waals surface area (Å²) in [4.78, 5) is 14.9. The first-order chi connectivity index (χ1) is 11.8. The molecule has 0 bridgehead atoms. The molecule has 24 heavy (non-hydrogen) atoms. The van der Waals surface area contributed by atoms with Crippen molar-refractivity contribution in [3.05, 3.63) is 102 Å². The van der Waals surface area contributed by atoms with Gasteiger partial charge in [-0.3, -0.25) is 4.79 Å². The van der Waals surface area contributed by atoms with Crippen LogP contribution in [0.5, 0.6) is 0 Å². The van der Waals surface area contributed by atoms with Crippen molar-refractivity contribution in [2.45, 2.75) is 6.54 Å². The predicted molar refractivity (Wildman–Crippen MR) is 98.4 cm³/mol. The van der Waals surface area contributed by atoms with Crippen molar-refractivity contribution in [2.24, 2.45) is 0 Å². The molecule has 3 aromatic carbocycles. The minimum atomic E-state index is 0.0592. The van der Waals surface area contributed by atoms with Gasteiger partial charge in [-0.25, -0.2) is 0 Å². The summed E-state index contributed by atoms with van der Waals surface area (Å²) in [5.74, 6) is 0.0592. The number of para-hydroxylation sites is 1. The Morgan fingerprint density at radius 1 is 0.750 bits per heavy atom. The van der Waals surface area contributed by atoms with Crippen LogP contribution in [0.2, 0.25) is 0 Å². The average Bonchev–Trinajstić information content (AvgIpc) is 2.90. The third-order valence-corrected chi connectivity index (χ3v) is 4.25. The maximum absolute atomic E-state index is 13.0. The van der Waals surface area contributed by atoms with E-state index in [0.717, 1.165) is 28.0 Å². The Balaban J connectivity index is 1.76. The zero-order valence-electron chi connectivity index (χ0n) is 13.2. The van der Waals surface area contributed by atoms with Gasteiger partial charge >= 0.3 is 0 Å². The van der Waals surface area contributed by atoms with Crippen LogP contribution >= 0.6 is 0 Å². The number of rotatable bonds is 3. The molecule has 0 saturated carbocycles. The van der Waals surface area contributed by atoms with Crippen LogP contribution in [-0.2, 0) is 11.3 Å². The number of benzene rings is 3. The molecule has 1 aliphatic heterocycles.